The second kappa shape index (κ2) is 7.21. The molecule has 2 amide bonds. The fraction of sp³-hybridized carbons (Fsp3) is 0.562. The number of hydrogen-bond acceptors (Lipinski definition) is 5. The van der Waals surface area contributed by atoms with Crippen LogP contribution < -0.4 is 10.2 Å². The molecule has 3 rings (SSSR count). The lowest BCUT2D eigenvalue weighted by Crippen LogP contribution is -2.52. The van der Waals surface area contributed by atoms with Gasteiger partial charge in [-0.15, -0.1) is 21.5 Å². The van der Waals surface area contributed by atoms with Crippen molar-refractivity contribution in [3.63, 3.8) is 0 Å². The molecule has 1 N–H and O–H groups in total. The van der Waals surface area contributed by atoms with Gasteiger partial charge in [0.1, 0.15) is 6.33 Å². The lowest BCUT2D eigenvalue weighted by Gasteiger charge is -2.35. The molecule has 7 nitrogen and oxygen atoms in total. The van der Waals surface area contributed by atoms with Crippen LogP contribution >= 0.6 is 11.3 Å². The maximum absolute atomic E-state index is 12.6. The maximum atomic E-state index is 12.6. The predicted molar refractivity (Wildman–Crippen MR) is 95.4 cm³/mol. The Kier molecular flexibility index (Phi) is 5.03. The summed E-state index contributed by atoms with van der Waals surface area (Å²) in [5, 5.41) is 13.4. The summed E-state index contributed by atoms with van der Waals surface area (Å²) in [6, 6.07) is 2.26. The number of urea groups is 1. The molecule has 1 aliphatic heterocycles. The number of anilines is 1. The van der Waals surface area contributed by atoms with Crippen molar-refractivity contribution in [2.45, 2.75) is 26.3 Å². The molecule has 24 heavy (non-hydrogen) atoms. The Morgan fingerprint density at radius 2 is 2.12 bits per heavy atom. The van der Waals surface area contributed by atoms with Crippen molar-refractivity contribution < 1.29 is 4.79 Å². The Hall–Kier alpha value is -2.09. The highest BCUT2D eigenvalue weighted by atomic mass is 32.1. The number of amides is 2. The van der Waals surface area contributed by atoms with E-state index in [9.17, 15) is 4.79 Å². The molecule has 2 aromatic rings. The van der Waals surface area contributed by atoms with Crippen molar-refractivity contribution >= 4 is 23.3 Å². The largest absolute Gasteiger partial charge is 0.337 e. The minimum Gasteiger partial charge on any atom is -0.337 e. The van der Waals surface area contributed by atoms with Crippen LogP contribution in [0.25, 0.3) is 0 Å². The van der Waals surface area contributed by atoms with Crippen LogP contribution in [-0.4, -0.2) is 51.9 Å². The predicted octanol–water partition coefficient (Wildman–Crippen LogP) is 2.17. The van der Waals surface area contributed by atoms with Gasteiger partial charge in [0.05, 0.1) is 6.04 Å². The zero-order valence-electron chi connectivity index (χ0n) is 14.4. The first-order valence-corrected chi connectivity index (χ1v) is 9.16. The molecule has 0 aromatic carbocycles. The van der Waals surface area contributed by atoms with E-state index in [2.05, 4.69) is 45.7 Å². The highest BCUT2D eigenvalue weighted by Crippen LogP contribution is 2.23. The van der Waals surface area contributed by atoms with Crippen LogP contribution in [0.4, 0.5) is 10.7 Å². The number of thiophene rings is 1. The number of nitrogens with zero attached hydrogens (tertiary/aromatic N) is 5. The molecule has 1 saturated heterocycles. The molecule has 0 bridgehead atoms. The highest BCUT2D eigenvalue weighted by molar-refractivity contribution is 7.10. The van der Waals surface area contributed by atoms with E-state index in [4.69, 9.17) is 0 Å². The van der Waals surface area contributed by atoms with E-state index in [0.717, 1.165) is 25.5 Å². The molecule has 1 unspecified atom stereocenters. The number of aryl methyl sites for hydroxylation is 2. The number of carbonyl (C=O) groups excluding carboxylic acids is 1. The average molecular weight is 348 g/mol. The van der Waals surface area contributed by atoms with E-state index in [0.29, 0.717) is 13.1 Å². The molecule has 0 aliphatic carbocycles. The van der Waals surface area contributed by atoms with Gasteiger partial charge in [-0.25, -0.2) is 4.79 Å². The number of aromatic nitrogens is 3. The second-order valence-corrected chi connectivity index (χ2v) is 7.23. The topological polar surface area (TPSA) is 66.3 Å². The van der Waals surface area contributed by atoms with Crippen LogP contribution in [0.15, 0.2) is 17.8 Å². The van der Waals surface area contributed by atoms with Gasteiger partial charge in [0.2, 0.25) is 5.95 Å². The minimum atomic E-state index is 0.0170. The third-order valence-electron chi connectivity index (χ3n) is 4.40. The SMILES string of the molecule is CCC(NC(=O)N1CCN(c2nncn2C)CC1)c1csc(C)c1. The first-order valence-electron chi connectivity index (χ1n) is 8.28. The zero-order valence-corrected chi connectivity index (χ0v) is 15.2. The fourth-order valence-corrected chi connectivity index (χ4v) is 3.74. The standard InChI is InChI=1S/C16H24N6OS/c1-4-14(13-9-12(2)24-10-13)18-16(23)22-7-5-21(6-8-22)15-19-17-11-20(15)3/h9-11,14H,4-8H2,1-3H3,(H,18,23). The van der Waals surface area contributed by atoms with Crippen molar-refractivity contribution in [3.05, 3.63) is 28.2 Å². The zero-order chi connectivity index (χ0) is 17.1. The summed E-state index contributed by atoms with van der Waals surface area (Å²) in [4.78, 5) is 17.9. The first kappa shape index (κ1) is 16.8. The van der Waals surface area contributed by atoms with Gasteiger partial charge in [-0.3, -0.25) is 0 Å². The van der Waals surface area contributed by atoms with Gasteiger partial charge in [-0.2, -0.15) is 0 Å². The number of rotatable bonds is 4. The van der Waals surface area contributed by atoms with E-state index in [1.807, 2.05) is 16.5 Å². The third-order valence-corrected chi connectivity index (χ3v) is 5.28. The van der Waals surface area contributed by atoms with Gasteiger partial charge < -0.3 is 19.7 Å². The van der Waals surface area contributed by atoms with Gasteiger partial charge in [-0.1, -0.05) is 6.92 Å². The second-order valence-electron chi connectivity index (χ2n) is 6.12. The Morgan fingerprint density at radius 1 is 1.38 bits per heavy atom. The molecule has 130 valence electrons. The number of piperazine rings is 1. The van der Waals surface area contributed by atoms with E-state index in [1.165, 1.54) is 10.4 Å². The highest BCUT2D eigenvalue weighted by Gasteiger charge is 2.25. The van der Waals surface area contributed by atoms with Crippen molar-refractivity contribution in [2.75, 3.05) is 31.1 Å². The van der Waals surface area contributed by atoms with E-state index in [-0.39, 0.29) is 12.1 Å². The average Bonchev–Trinajstić information content (AvgIpc) is 3.21. The van der Waals surface area contributed by atoms with Crippen LogP contribution in [0.3, 0.4) is 0 Å². The van der Waals surface area contributed by atoms with E-state index in [1.54, 1.807) is 17.7 Å². The molecule has 1 aliphatic rings. The van der Waals surface area contributed by atoms with Crippen LogP contribution in [-0.2, 0) is 7.05 Å². The number of carbonyl (C=O) groups is 1. The summed E-state index contributed by atoms with van der Waals surface area (Å²) >= 11 is 1.72. The monoisotopic (exact) mass is 348 g/mol. The van der Waals surface area contributed by atoms with Crippen molar-refractivity contribution in [2.24, 2.45) is 7.05 Å². The molecule has 3 heterocycles. The van der Waals surface area contributed by atoms with Crippen LogP contribution in [0, 0.1) is 6.92 Å². The summed E-state index contributed by atoms with van der Waals surface area (Å²) in [5.74, 6) is 0.857. The normalized spacial score (nSPS) is 16.3. The molecular weight excluding hydrogens is 324 g/mol. The fourth-order valence-electron chi connectivity index (χ4n) is 2.98. The summed E-state index contributed by atoms with van der Waals surface area (Å²) in [5.41, 5.74) is 1.20. The quantitative estimate of drug-likeness (QED) is 0.920. The van der Waals surface area contributed by atoms with E-state index >= 15 is 0 Å². The Morgan fingerprint density at radius 3 is 2.67 bits per heavy atom. The van der Waals surface area contributed by atoms with Crippen LogP contribution in [0.5, 0.6) is 0 Å². The molecule has 2 aromatic heterocycles. The van der Waals surface area contributed by atoms with Gasteiger partial charge >= 0.3 is 6.03 Å². The minimum absolute atomic E-state index is 0.0170. The summed E-state index contributed by atoms with van der Waals surface area (Å²) in [7, 11) is 1.93. The Balaban J connectivity index is 1.56. The molecule has 1 fully saturated rings. The van der Waals surface area contributed by atoms with Gasteiger partial charge in [-0.05, 0) is 30.4 Å². The van der Waals surface area contributed by atoms with Crippen molar-refractivity contribution in [1.29, 1.82) is 0 Å². The summed E-state index contributed by atoms with van der Waals surface area (Å²) < 4.78 is 1.90. The molecule has 0 radical (unpaired) electrons. The van der Waals surface area contributed by atoms with Crippen molar-refractivity contribution in [1.82, 2.24) is 25.0 Å². The van der Waals surface area contributed by atoms with Gasteiger partial charge in [0, 0.05) is 38.1 Å². The lowest BCUT2D eigenvalue weighted by atomic mass is 10.1. The first-order chi connectivity index (χ1) is 11.6. The molecule has 8 heteroatoms. The molecule has 0 saturated carbocycles. The smallest absolute Gasteiger partial charge is 0.318 e. The van der Waals surface area contributed by atoms with E-state index < -0.39 is 0 Å². The van der Waals surface area contributed by atoms with Gasteiger partial charge in [0.15, 0.2) is 0 Å². The number of hydrogen-bond donors (Lipinski definition) is 1. The maximum Gasteiger partial charge on any atom is 0.318 e. The third kappa shape index (κ3) is 3.53. The van der Waals surface area contributed by atoms with Crippen LogP contribution in [0.1, 0.15) is 29.8 Å². The number of nitrogens with one attached hydrogen (secondary N) is 1. The summed E-state index contributed by atoms with van der Waals surface area (Å²) in [6.07, 6.45) is 2.59. The molecule has 1 atom stereocenters. The lowest BCUT2D eigenvalue weighted by molar-refractivity contribution is 0.189. The molecule has 0 spiro atoms. The van der Waals surface area contributed by atoms with Crippen LogP contribution in [0.2, 0.25) is 0 Å². The summed E-state index contributed by atoms with van der Waals surface area (Å²) in [6.45, 7) is 7.12. The van der Waals surface area contributed by atoms with Gasteiger partial charge in [0.25, 0.3) is 0 Å². The Labute approximate surface area is 146 Å². The molecular formula is C16H24N6OS. The van der Waals surface area contributed by atoms with Crippen molar-refractivity contribution in [3.8, 4) is 0 Å². The Bertz CT molecular complexity index is 688.